The van der Waals surface area contributed by atoms with E-state index >= 15 is 0 Å². The molecule has 1 aliphatic carbocycles. The van der Waals surface area contributed by atoms with E-state index in [-0.39, 0.29) is 5.41 Å². The van der Waals surface area contributed by atoms with Gasteiger partial charge in [-0.3, -0.25) is 0 Å². The third kappa shape index (κ3) is 4.85. The minimum Gasteiger partial charge on any atom is -0.423 e. The molecule has 1 aliphatic rings. The minimum absolute atomic E-state index is 0.0571. The third-order valence-electron chi connectivity index (χ3n) is 6.73. The van der Waals surface area contributed by atoms with E-state index < -0.39 is 7.12 Å². The first kappa shape index (κ1) is 22.9. The lowest BCUT2D eigenvalue weighted by Gasteiger charge is -2.33. The minimum atomic E-state index is -1.48. The number of hydrogen-bond acceptors (Lipinski definition) is 3. The van der Waals surface area contributed by atoms with Crippen molar-refractivity contribution in [2.75, 3.05) is 4.90 Å². The molecule has 0 bridgehead atoms. The number of benzene rings is 4. The molecule has 5 rings (SSSR count). The fourth-order valence-electron chi connectivity index (χ4n) is 4.60. The second-order valence-corrected chi connectivity index (χ2v) is 9.16. The third-order valence-corrected chi connectivity index (χ3v) is 6.73. The fraction of sp³-hybridized carbons (Fsp3) is 0.0968. The van der Waals surface area contributed by atoms with E-state index in [1.54, 1.807) is 12.1 Å². The summed E-state index contributed by atoms with van der Waals surface area (Å²) in [6.45, 7) is 2.27. The molecular formula is C31H28BNO2. The summed E-state index contributed by atoms with van der Waals surface area (Å²) in [4.78, 5) is 2.21. The Balaban J connectivity index is 1.50. The molecular weight excluding hydrogens is 429 g/mol. The molecule has 4 heteroatoms. The van der Waals surface area contributed by atoms with Crippen LogP contribution in [0, 0.1) is 0 Å². The molecule has 0 amide bonds. The van der Waals surface area contributed by atoms with Crippen LogP contribution >= 0.6 is 0 Å². The first-order valence-electron chi connectivity index (χ1n) is 11.9. The summed E-state index contributed by atoms with van der Waals surface area (Å²) in [5, 5.41) is 19.1. The largest absolute Gasteiger partial charge is 0.488 e. The van der Waals surface area contributed by atoms with Crippen molar-refractivity contribution in [2.24, 2.45) is 0 Å². The summed E-state index contributed by atoms with van der Waals surface area (Å²) in [5.74, 6) is 0. The predicted octanol–water partition coefficient (Wildman–Crippen LogP) is 5.97. The van der Waals surface area contributed by atoms with Crippen LogP contribution in [0.15, 0.2) is 133 Å². The van der Waals surface area contributed by atoms with E-state index in [0.717, 1.165) is 29.1 Å². The van der Waals surface area contributed by atoms with E-state index in [1.807, 2.05) is 30.3 Å². The van der Waals surface area contributed by atoms with E-state index in [4.69, 9.17) is 0 Å². The molecule has 0 radical (unpaired) electrons. The molecule has 4 aromatic rings. The van der Waals surface area contributed by atoms with Gasteiger partial charge >= 0.3 is 7.12 Å². The molecule has 0 saturated heterocycles. The summed E-state index contributed by atoms with van der Waals surface area (Å²) >= 11 is 0. The van der Waals surface area contributed by atoms with Crippen LogP contribution in [0.4, 0.5) is 11.4 Å². The van der Waals surface area contributed by atoms with E-state index in [1.165, 1.54) is 11.1 Å². The van der Waals surface area contributed by atoms with Gasteiger partial charge in [-0.15, -0.1) is 0 Å². The van der Waals surface area contributed by atoms with E-state index in [2.05, 4.69) is 96.8 Å². The highest BCUT2D eigenvalue weighted by Gasteiger charge is 2.27. The molecule has 35 heavy (non-hydrogen) atoms. The van der Waals surface area contributed by atoms with Gasteiger partial charge in [-0.2, -0.15) is 0 Å². The number of nitrogens with zero attached hydrogens (tertiary/aromatic N) is 1. The van der Waals surface area contributed by atoms with Crippen LogP contribution in [0.25, 0.3) is 11.1 Å². The van der Waals surface area contributed by atoms with E-state index in [0.29, 0.717) is 5.46 Å². The number of allylic oxidation sites excluding steroid dienone is 3. The quantitative estimate of drug-likeness (QED) is 0.351. The fourth-order valence-corrected chi connectivity index (χ4v) is 4.60. The predicted molar refractivity (Wildman–Crippen MR) is 146 cm³/mol. The SMILES string of the molecule is CC1(c2ccccc2)C=CC(N(c2ccc(B(O)O)cc2)c2ccc(-c3ccccc3)cc2)=CC1. The number of anilines is 2. The van der Waals surface area contributed by atoms with Crippen molar-refractivity contribution >= 4 is 24.0 Å². The van der Waals surface area contributed by atoms with Crippen LogP contribution in [-0.2, 0) is 5.41 Å². The van der Waals surface area contributed by atoms with Gasteiger partial charge in [0.2, 0.25) is 0 Å². The Kier molecular flexibility index (Phi) is 6.41. The molecule has 3 nitrogen and oxygen atoms in total. The standard InChI is InChI=1S/C31H28BNO2/c1-31(26-10-6-3-7-11-26)22-20-30(21-23-31)33(29-18-14-27(15-19-29)32(34)35)28-16-12-25(13-17-28)24-8-4-2-5-9-24/h2-22,34-35H,23H2,1H3. The lowest BCUT2D eigenvalue weighted by atomic mass is 9.77. The topological polar surface area (TPSA) is 43.7 Å². The van der Waals surface area contributed by atoms with Crippen molar-refractivity contribution < 1.29 is 10.0 Å². The van der Waals surface area contributed by atoms with Gasteiger partial charge in [0.05, 0.1) is 0 Å². The Labute approximate surface area is 207 Å². The van der Waals surface area contributed by atoms with Gasteiger partial charge in [-0.1, -0.05) is 104 Å². The average Bonchev–Trinajstić information content (AvgIpc) is 2.92. The van der Waals surface area contributed by atoms with Gasteiger partial charge in [-0.05, 0) is 58.9 Å². The Bertz CT molecular complexity index is 1330. The van der Waals surface area contributed by atoms with Crippen LogP contribution in [-0.4, -0.2) is 17.2 Å². The lowest BCUT2D eigenvalue weighted by molar-refractivity contribution is 0.426. The molecule has 1 atom stereocenters. The first-order chi connectivity index (χ1) is 17.0. The summed E-state index contributed by atoms with van der Waals surface area (Å²) < 4.78 is 0. The van der Waals surface area contributed by atoms with E-state index in [9.17, 15) is 10.0 Å². The zero-order valence-corrected chi connectivity index (χ0v) is 19.8. The molecule has 0 fully saturated rings. The first-order valence-corrected chi connectivity index (χ1v) is 11.9. The average molecular weight is 457 g/mol. The maximum atomic E-state index is 9.54. The summed E-state index contributed by atoms with van der Waals surface area (Å²) in [6.07, 6.45) is 7.65. The Morgan fingerprint density at radius 3 is 1.77 bits per heavy atom. The molecule has 0 heterocycles. The van der Waals surface area contributed by atoms with Crippen molar-refractivity contribution in [3.05, 3.63) is 139 Å². The van der Waals surface area contributed by atoms with Crippen LogP contribution in [0.5, 0.6) is 0 Å². The van der Waals surface area contributed by atoms with Crippen LogP contribution in [0.1, 0.15) is 18.9 Å². The molecule has 0 saturated carbocycles. The number of hydrogen-bond donors (Lipinski definition) is 2. The maximum Gasteiger partial charge on any atom is 0.488 e. The monoisotopic (exact) mass is 457 g/mol. The molecule has 0 spiro atoms. The zero-order valence-electron chi connectivity index (χ0n) is 19.8. The Hall–Kier alpha value is -3.86. The van der Waals surface area contributed by atoms with Crippen molar-refractivity contribution in [2.45, 2.75) is 18.8 Å². The van der Waals surface area contributed by atoms with Gasteiger partial charge in [0.1, 0.15) is 0 Å². The highest BCUT2D eigenvalue weighted by Crippen LogP contribution is 2.38. The summed E-state index contributed by atoms with van der Waals surface area (Å²) in [5.41, 5.74) is 7.15. The highest BCUT2D eigenvalue weighted by molar-refractivity contribution is 6.58. The second kappa shape index (κ2) is 9.79. The van der Waals surface area contributed by atoms with Gasteiger partial charge in [-0.25, -0.2) is 0 Å². The van der Waals surface area contributed by atoms with Crippen molar-refractivity contribution in [1.82, 2.24) is 0 Å². The summed E-state index contributed by atoms with van der Waals surface area (Å²) in [6, 6.07) is 36.9. The summed E-state index contributed by atoms with van der Waals surface area (Å²) in [7, 11) is -1.48. The van der Waals surface area contributed by atoms with Crippen molar-refractivity contribution in [3.63, 3.8) is 0 Å². The van der Waals surface area contributed by atoms with Crippen molar-refractivity contribution in [1.29, 1.82) is 0 Å². The lowest BCUT2D eigenvalue weighted by Crippen LogP contribution is -2.30. The van der Waals surface area contributed by atoms with Gasteiger partial charge in [0.25, 0.3) is 0 Å². The molecule has 1 unspecified atom stereocenters. The number of rotatable bonds is 6. The van der Waals surface area contributed by atoms with Crippen LogP contribution < -0.4 is 10.4 Å². The van der Waals surface area contributed by atoms with Crippen LogP contribution in [0.3, 0.4) is 0 Å². The Morgan fingerprint density at radius 1 is 0.686 bits per heavy atom. The Morgan fingerprint density at radius 2 is 1.23 bits per heavy atom. The molecule has 0 aromatic heterocycles. The van der Waals surface area contributed by atoms with Gasteiger partial charge < -0.3 is 14.9 Å². The molecule has 172 valence electrons. The van der Waals surface area contributed by atoms with Gasteiger partial charge in [0, 0.05) is 22.5 Å². The smallest absolute Gasteiger partial charge is 0.423 e. The van der Waals surface area contributed by atoms with Crippen molar-refractivity contribution in [3.8, 4) is 11.1 Å². The van der Waals surface area contributed by atoms with Crippen LogP contribution in [0.2, 0.25) is 0 Å². The normalized spacial score (nSPS) is 17.1. The van der Waals surface area contributed by atoms with Gasteiger partial charge in [0.15, 0.2) is 0 Å². The molecule has 2 N–H and O–H groups in total. The zero-order chi connectivity index (χ0) is 24.3. The maximum absolute atomic E-state index is 9.54. The highest BCUT2D eigenvalue weighted by atomic mass is 16.4. The molecule has 4 aromatic carbocycles. The second-order valence-electron chi connectivity index (χ2n) is 9.16. The molecule has 0 aliphatic heterocycles.